The fraction of sp³-hybridized carbons (Fsp3) is 0.375. The Labute approximate surface area is 160 Å². The van der Waals surface area contributed by atoms with Crippen LogP contribution in [0.5, 0.6) is 0 Å². The normalized spacial score (nSPS) is 18.4. The van der Waals surface area contributed by atoms with Crippen LogP contribution in [0.25, 0.3) is 9.75 Å². The lowest BCUT2D eigenvalue weighted by Gasteiger charge is -2.29. The maximum atomic E-state index is 4.57. The fourth-order valence-electron chi connectivity index (χ4n) is 2.84. The summed E-state index contributed by atoms with van der Waals surface area (Å²) in [7, 11) is 7.89. The lowest BCUT2D eigenvalue weighted by molar-refractivity contribution is -0.582. The van der Waals surface area contributed by atoms with Crippen LogP contribution in [-0.4, -0.2) is 72.9 Å². The number of rotatable bonds is 3. The van der Waals surface area contributed by atoms with Crippen LogP contribution in [0.1, 0.15) is 9.75 Å². The molecule has 10 heteroatoms. The van der Waals surface area contributed by atoms with Crippen molar-refractivity contribution in [2.75, 3.05) is 41.5 Å². The second-order valence-electron chi connectivity index (χ2n) is 6.37. The Balaban J connectivity index is 1.59. The van der Waals surface area contributed by atoms with Crippen molar-refractivity contribution >= 4 is 34.3 Å². The zero-order chi connectivity index (χ0) is 18.3. The van der Waals surface area contributed by atoms with Crippen molar-refractivity contribution in [1.82, 2.24) is 20.5 Å². The quantitative estimate of drug-likeness (QED) is 0.817. The molecule has 2 aromatic heterocycles. The molecule has 0 radical (unpaired) electrons. The minimum atomic E-state index is 0.702. The Hall–Kier alpha value is -2.30. The Bertz CT molecular complexity index is 909. The molecule has 1 N–H and O–H groups in total. The van der Waals surface area contributed by atoms with Crippen molar-refractivity contribution < 1.29 is 4.70 Å². The van der Waals surface area contributed by atoms with E-state index in [0.29, 0.717) is 6.67 Å². The summed E-state index contributed by atoms with van der Waals surface area (Å²) >= 11 is 3.44. The van der Waals surface area contributed by atoms with Gasteiger partial charge in [0.1, 0.15) is 6.67 Å². The average Bonchev–Trinajstić information content (AvgIpc) is 3.22. The van der Waals surface area contributed by atoms with E-state index in [2.05, 4.69) is 45.0 Å². The first kappa shape index (κ1) is 17.1. The molecule has 0 bridgehead atoms. The number of azo groups is 2. The standard InChI is InChI=1S/C16H21N8S2/c1-21-9-22(2)18-15(17-21)13-7-5-11(25-13)12-6-8-14(26-12)16-19-23(3)10-24(4)20-16/h5-8H,9-10H2,1-4H3,(H,17,18)/q+1. The molecule has 0 amide bonds. The van der Waals surface area contributed by atoms with Gasteiger partial charge in [-0.15, -0.1) is 32.5 Å². The van der Waals surface area contributed by atoms with Gasteiger partial charge in [0.05, 0.1) is 9.75 Å². The van der Waals surface area contributed by atoms with Crippen LogP contribution < -0.4 is 5.43 Å². The van der Waals surface area contributed by atoms with Crippen molar-refractivity contribution in [3.05, 3.63) is 34.0 Å². The van der Waals surface area contributed by atoms with Gasteiger partial charge >= 0.3 is 0 Å². The molecule has 0 saturated carbocycles. The highest BCUT2D eigenvalue weighted by Gasteiger charge is 2.20. The van der Waals surface area contributed by atoms with Gasteiger partial charge in [-0.25, -0.2) is 10.0 Å². The van der Waals surface area contributed by atoms with Crippen LogP contribution in [0, 0.1) is 0 Å². The predicted octanol–water partition coefficient (Wildman–Crippen LogP) is 2.14. The van der Waals surface area contributed by atoms with E-state index in [1.165, 1.54) is 9.75 Å². The molecule has 136 valence electrons. The molecule has 0 aromatic carbocycles. The Morgan fingerprint density at radius 3 is 2.27 bits per heavy atom. The first-order valence-electron chi connectivity index (χ1n) is 8.19. The molecule has 2 aromatic rings. The van der Waals surface area contributed by atoms with E-state index in [0.717, 1.165) is 28.1 Å². The summed E-state index contributed by atoms with van der Waals surface area (Å²) in [5.41, 5.74) is 3.30. The van der Waals surface area contributed by atoms with E-state index >= 15 is 0 Å². The molecular weight excluding hydrogens is 368 g/mol. The molecule has 4 rings (SSSR count). The zero-order valence-corrected chi connectivity index (χ0v) is 16.8. The Morgan fingerprint density at radius 2 is 1.58 bits per heavy atom. The van der Waals surface area contributed by atoms with Crippen LogP contribution in [0.3, 0.4) is 0 Å². The van der Waals surface area contributed by atoms with E-state index in [1.807, 2.05) is 47.9 Å². The van der Waals surface area contributed by atoms with Crippen molar-refractivity contribution in [1.29, 1.82) is 0 Å². The molecule has 2 aliphatic rings. The number of hydrogen-bond acceptors (Lipinski definition) is 9. The summed E-state index contributed by atoms with van der Waals surface area (Å²) in [4.78, 5) is 4.62. The van der Waals surface area contributed by atoms with Gasteiger partial charge in [-0.3, -0.25) is 10.4 Å². The molecule has 2 aliphatic heterocycles. The highest BCUT2D eigenvalue weighted by atomic mass is 32.1. The first-order valence-corrected chi connectivity index (χ1v) is 9.82. The van der Waals surface area contributed by atoms with Crippen LogP contribution in [0.15, 0.2) is 39.6 Å². The molecule has 4 heterocycles. The third kappa shape index (κ3) is 3.48. The third-order valence-corrected chi connectivity index (χ3v) is 6.20. The number of hydrazone groups is 2. The van der Waals surface area contributed by atoms with Crippen LogP contribution in [0.2, 0.25) is 0 Å². The van der Waals surface area contributed by atoms with E-state index in [9.17, 15) is 0 Å². The number of hydrazine groups is 1. The van der Waals surface area contributed by atoms with Gasteiger partial charge in [0.2, 0.25) is 0 Å². The van der Waals surface area contributed by atoms with Gasteiger partial charge in [0.15, 0.2) is 12.9 Å². The van der Waals surface area contributed by atoms with Crippen LogP contribution in [0.4, 0.5) is 0 Å². The fourth-order valence-corrected chi connectivity index (χ4v) is 4.80. The van der Waals surface area contributed by atoms with E-state index in [-0.39, 0.29) is 0 Å². The van der Waals surface area contributed by atoms with Crippen molar-refractivity contribution in [2.45, 2.75) is 0 Å². The van der Waals surface area contributed by atoms with E-state index in [4.69, 9.17) is 0 Å². The van der Waals surface area contributed by atoms with Crippen molar-refractivity contribution in [2.24, 2.45) is 15.3 Å². The molecule has 8 nitrogen and oxygen atoms in total. The first-order chi connectivity index (χ1) is 12.5. The van der Waals surface area contributed by atoms with Gasteiger partial charge in [-0.2, -0.15) is 5.10 Å². The minimum Gasteiger partial charge on any atom is -0.299 e. The van der Waals surface area contributed by atoms with Gasteiger partial charge in [-0.05, 0) is 24.3 Å². The molecule has 26 heavy (non-hydrogen) atoms. The zero-order valence-electron chi connectivity index (χ0n) is 15.2. The largest absolute Gasteiger partial charge is 0.299 e. The molecular formula is C16H21N8S2+. The van der Waals surface area contributed by atoms with Gasteiger partial charge in [0.25, 0.3) is 12.5 Å². The van der Waals surface area contributed by atoms with Gasteiger partial charge < -0.3 is 0 Å². The van der Waals surface area contributed by atoms with Crippen LogP contribution in [-0.2, 0) is 0 Å². The Kier molecular flexibility index (Phi) is 4.47. The maximum absolute atomic E-state index is 4.57. The molecule has 0 unspecified atom stereocenters. The number of nitrogens with one attached hydrogen (secondary N) is 1. The average molecular weight is 390 g/mol. The highest BCUT2D eigenvalue weighted by molar-refractivity contribution is 7.23. The molecule has 0 aliphatic carbocycles. The SMILES string of the molecule is CN1C[N+](C)=NC(c2ccc(-c3ccc(C4=NN(C)CN(C)N4)s3)s2)=N1. The number of thiophene rings is 2. The number of hydrogen-bond donors (Lipinski definition) is 1. The predicted molar refractivity (Wildman–Crippen MR) is 105 cm³/mol. The van der Waals surface area contributed by atoms with Crippen LogP contribution >= 0.6 is 22.7 Å². The highest BCUT2D eigenvalue weighted by Crippen LogP contribution is 2.34. The summed E-state index contributed by atoms with van der Waals surface area (Å²) in [5.74, 6) is 1.64. The van der Waals surface area contributed by atoms with E-state index in [1.54, 1.807) is 22.7 Å². The monoisotopic (exact) mass is 389 g/mol. The number of nitrogens with zero attached hydrogens (tertiary/aromatic N) is 7. The topological polar surface area (TPSA) is 61.8 Å². The third-order valence-electron chi connectivity index (χ3n) is 3.83. The molecule has 0 fully saturated rings. The second-order valence-corrected chi connectivity index (χ2v) is 8.53. The summed E-state index contributed by atoms with van der Waals surface area (Å²) in [6.07, 6.45) is 0. The Morgan fingerprint density at radius 1 is 0.923 bits per heavy atom. The molecule has 0 atom stereocenters. The summed E-state index contributed by atoms with van der Waals surface area (Å²) < 4.78 is 1.89. The summed E-state index contributed by atoms with van der Waals surface area (Å²) in [5, 5.41) is 19.4. The second kappa shape index (κ2) is 6.78. The smallest absolute Gasteiger partial charge is 0.258 e. The van der Waals surface area contributed by atoms with Gasteiger partial charge in [0, 0.05) is 36.0 Å². The van der Waals surface area contributed by atoms with Crippen molar-refractivity contribution in [3.63, 3.8) is 0 Å². The van der Waals surface area contributed by atoms with E-state index < -0.39 is 0 Å². The maximum Gasteiger partial charge on any atom is 0.258 e. The summed E-state index contributed by atoms with van der Waals surface area (Å²) in [6, 6.07) is 8.48. The molecule has 0 saturated heterocycles. The summed E-state index contributed by atoms with van der Waals surface area (Å²) in [6.45, 7) is 1.46. The minimum absolute atomic E-state index is 0.702. The lowest BCUT2D eigenvalue weighted by atomic mass is 10.3. The van der Waals surface area contributed by atoms with Gasteiger partial charge in [-0.1, -0.05) is 0 Å². The molecule has 0 spiro atoms. The number of amidine groups is 2. The van der Waals surface area contributed by atoms with Crippen molar-refractivity contribution in [3.8, 4) is 9.75 Å². The lowest BCUT2D eigenvalue weighted by Crippen LogP contribution is -2.49.